The van der Waals surface area contributed by atoms with Gasteiger partial charge in [0.25, 0.3) is 0 Å². The molecule has 0 radical (unpaired) electrons. The Balaban J connectivity index is 3.44. The molecule has 0 aliphatic carbocycles. The predicted octanol–water partition coefficient (Wildman–Crippen LogP) is 21.0. The lowest BCUT2D eigenvalue weighted by Gasteiger charge is -2.23. The summed E-state index contributed by atoms with van der Waals surface area (Å²) in [4.78, 5) is 12.6. The molecule has 4 N–H and O–H groups in total. The van der Waals surface area contributed by atoms with Crippen molar-refractivity contribution < 1.29 is 20.1 Å². The quantitative estimate of drug-likeness (QED) is 0.0361. The molecule has 5 heteroatoms. The van der Waals surface area contributed by atoms with Crippen LogP contribution in [0.1, 0.15) is 380 Å². The summed E-state index contributed by atoms with van der Waals surface area (Å²) in [6.45, 7) is 4.29. The van der Waals surface area contributed by atoms with Crippen molar-refractivity contribution in [2.75, 3.05) is 6.61 Å². The lowest BCUT2D eigenvalue weighted by atomic mass is 10.0. The second-order valence-corrected chi connectivity index (χ2v) is 23.0. The number of carbonyl (C=O) groups is 1. The van der Waals surface area contributed by atoms with Crippen LogP contribution in [0.5, 0.6) is 0 Å². The van der Waals surface area contributed by atoms with Crippen LogP contribution in [0.3, 0.4) is 0 Å². The summed E-state index contributed by atoms with van der Waals surface area (Å²) in [5, 5.41) is 33.7. The van der Waals surface area contributed by atoms with E-state index in [-0.39, 0.29) is 6.61 Å². The summed E-state index contributed by atoms with van der Waals surface area (Å²) in [6.07, 6.45) is 78.8. The molecule has 424 valence electrons. The maximum atomic E-state index is 12.6. The molecule has 0 aromatic heterocycles. The van der Waals surface area contributed by atoms with Crippen molar-refractivity contribution in [1.29, 1.82) is 0 Å². The van der Waals surface area contributed by atoms with E-state index in [0.717, 1.165) is 32.1 Å². The minimum atomic E-state index is -1.07. The van der Waals surface area contributed by atoms with Crippen LogP contribution in [-0.4, -0.2) is 46.1 Å². The van der Waals surface area contributed by atoms with E-state index in [4.69, 9.17) is 0 Å². The summed E-state index contributed by atoms with van der Waals surface area (Å²) in [5.74, 6) is -0.462. The van der Waals surface area contributed by atoms with Gasteiger partial charge in [-0.3, -0.25) is 4.79 Å². The van der Waals surface area contributed by atoms with Crippen molar-refractivity contribution in [3.05, 3.63) is 12.2 Å². The van der Waals surface area contributed by atoms with Crippen LogP contribution in [0, 0.1) is 0 Å². The molecule has 0 aromatic carbocycles. The Morgan fingerprint density at radius 1 is 0.324 bits per heavy atom. The fourth-order valence-corrected chi connectivity index (χ4v) is 10.8. The van der Waals surface area contributed by atoms with Gasteiger partial charge in [0, 0.05) is 0 Å². The van der Waals surface area contributed by atoms with Crippen molar-refractivity contribution in [1.82, 2.24) is 5.32 Å². The molecule has 0 rings (SSSR count). The predicted molar refractivity (Wildman–Crippen MR) is 315 cm³/mol. The molecule has 0 fully saturated rings. The van der Waals surface area contributed by atoms with E-state index in [1.54, 1.807) is 0 Å². The van der Waals surface area contributed by atoms with E-state index in [0.29, 0.717) is 12.8 Å². The zero-order valence-corrected chi connectivity index (χ0v) is 48.6. The van der Waals surface area contributed by atoms with Crippen LogP contribution in [-0.2, 0) is 4.79 Å². The first-order valence-electron chi connectivity index (χ1n) is 33.0. The molecule has 0 aliphatic heterocycles. The minimum absolute atomic E-state index is 0.309. The maximum Gasteiger partial charge on any atom is 0.249 e. The number of hydrogen-bond donors (Lipinski definition) is 4. The summed E-state index contributed by atoms with van der Waals surface area (Å²) >= 11 is 0. The third-order valence-corrected chi connectivity index (χ3v) is 15.9. The average molecular weight is 1000 g/mol. The van der Waals surface area contributed by atoms with Crippen molar-refractivity contribution in [2.45, 2.75) is 398 Å². The fraction of sp³-hybridized carbons (Fsp3) is 0.955. The molecule has 0 saturated carbocycles. The largest absolute Gasteiger partial charge is 0.394 e. The number of amides is 1. The Morgan fingerprint density at radius 2 is 0.535 bits per heavy atom. The molecule has 3 unspecified atom stereocenters. The Morgan fingerprint density at radius 3 is 0.775 bits per heavy atom. The number of aliphatic hydroxyl groups is 3. The molecule has 0 bridgehead atoms. The standard InChI is InChI=1S/C66H131NO4/c1-3-5-7-9-11-13-15-17-19-21-23-25-26-27-28-29-30-31-32-33-34-35-36-37-38-39-41-43-45-47-49-51-53-55-57-59-61-65(70)66(71)67-63(62-68)64(69)60-58-56-54-52-50-48-46-44-42-40-24-22-20-18-16-14-12-10-8-6-4-2/h31-32,63-65,68-70H,3-30,33-62H2,1-2H3,(H,67,71)/b32-31-. The first kappa shape index (κ1) is 70.1. The number of aliphatic hydroxyl groups excluding tert-OH is 3. The summed E-state index contributed by atoms with van der Waals surface area (Å²) in [5.41, 5.74) is 0. The third kappa shape index (κ3) is 56.7. The molecule has 1 amide bonds. The summed E-state index contributed by atoms with van der Waals surface area (Å²) in [7, 11) is 0. The Hall–Kier alpha value is -0.910. The Kier molecular flexibility index (Phi) is 60.8. The lowest BCUT2D eigenvalue weighted by molar-refractivity contribution is -0.131. The number of unbranched alkanes of at least 4 members (excludes halogenated alkanes) is 52. The van der Waals surface area contributed by atoms with Gasteiger partial charge in [-0.05, 0) is 38.5 Å². The molecule has 71 heavy (non-hydrogen) atoms. The van der Waals surface area contributed by atoms with Gasteiger partial charge in [-0.1, -0.05) is 353 Å². The highest BCUT2D eigenvalue weighted by Crippen LogP contribution is 2.19. The monoisotopic (exact) mass is 1000 g/mol. The SMILES string of the molecule is CCCCCCCCCCCCCCCCCC/C=C\CCCCCCCCCCCCCCCCCCC(O)C(=O)NC(CO)C(O)CCCCCCCCCCCCCCCCCCCCCCC. The molecule has 0 aromatic rings. The number of carbonyl (C=O) groups excluding carboxylic acids is 1. The topological polar surface area (TPSA) is 89.8 Å². The van der Waals surface area contributed by atoms with Gasteiger partial charge in [0.15, 0.2) is 0 Å². The van der Waals surface area contributed by atoms with Gasteiger partial charge in [-0.2, -0.15) is 0 Å². The van der Waals surface area contributed by atoms with Crippen molar-refractivity contribution in [2.24, 2.45) is 0 Å². The number of hydrogen-bond acceptors (Lipinski definition) is 4. The van der Waals surface area contributed by atoms with Crippen LogP contribution in [0.25, 0.3) is 0 Å². The number of rotatable bonds is 62. The molecule has 0 heterocycles. The third-order valence-electron chi connectivity index (χ3n) is 15.9. The average Bonchev–Trinajstić information content (AvgIpc) is 3.38. The first-order valence-corrected chi connectivity index (χ1v) is 33.0. The van der Waals surface area contributed by atoms with Gasteiger partial charge in [0.2, 0.25) is 5.91 Å². The highest BCUT2D eigenvalue weighted by atomic mass is 16.3. The van der Waals surface area contributed by atoms with E-state index >= 15 is 0 Å². The molecule has 5 nitrogen and oxygen atoms in total. The van der Waals surface area contributed by atoms with E-state index in [1.807, 2.05) is 0 Å². The van der Waals surface area contributed by atoms with Crippen molar-refractivity contribution in [3.63, 3.8) is 0 Å². The second-order valence-electron chi connectivity index (χ2n) is 23.0. The normalized spacial score (nSPS) is 13.1. The first-order chi connectivity index (χ1) is 35.1. The van der Waals surface area contributed by atoms with E-state index in [2.05, 4.69) is 31.3 Å². The Bertz CT molecular complexity index is 1020. The zero-order valence-electron chi connectivity index (χ0n) is 48.6. The lowest BCUT2D eigenvalue weighted by Crippen LogP contribution is -2.49. The molecule has 0 spiro atoms. The van der Waals surface area contributed by atoms with Gasteiger partial charge < -0.3 is 20.6 Å². The van der Waals surface area contributed by atoms with Gasteiger partial charge in [0.05, 0.1) is 18.8 Å². The van der Waals surface area contributed by atoms with Crippen LogP contribution in [0.4, 0.5) is 0 Å². The molecule has 3 atom stereocenters. The minimum Gasteiger partial charge on any atom is -0.394 e. The molecule has 0 saturated heterocycles. The zero-order chi connectivity index (χ0) is 51.4. The Labute approximate surface area is 446 Å². The summed E-state index contributed by atoms with van der Waals surface area (Å²) in [6, 6.07) is -0.710. The van der Waals surface area contributed by atoms with Crippen LogP contribution in [0.2, 0.25) is 0 Å². The second kappa shape index (κ2) is 61.6. The highest BCUT2D eigenvalue weighted by molar-refractivity contribution is 5.80. The van der Waals surface area contributed by atoms with Crippen molar-refractivity contribution in [3.8, 4) is 0 Å². The highest BCUT2D eigenvalue weighted by Gasteiger charge is 2.23. The fourth-order valence-electron chi connectivity index (χ4n) is 10.8. The molecular formula is C66H131NO4. The maximum absolute atomic E-state index is 12.6. The van der Waals surface area contributed by atoms with E-state index in [9.17, 15) is 20.1 Å². The van der Waals surface area contributed by atoms with Gasteiger partial charge >= 0.3 is 0 Å². The number of allylic oxidation sites excluding steroid dienone is 2. The van der Waals surface area contributed by atoms with Crippen molar-refractivity contribution >= 4 is 5.91 Å². The van der Waals surface area contributed by atoms with Crippen LogP contribution in [0.15, 0.2) is 12.2 Å². The van der Waals surface area contributed by atoms with E-state index in [1.165, 1.54) is 321 Å². The van der Waals surface area contributed by atoms with Crippen LogP contribution >= 0.6 is 0 Å². The summed E-state index contributed by atoms with van der Waals surface area (Å²) < 4.78 is 0. The number of nitrogens with one attached hydrogen (secondary N) is 1. The van der Waals surface area contributed by atoms with Gasteiger partial charge in [0.1, 0.15) is 6.10 Å². The van der Waals surface area contributed by atoms with E-state index < -0.39 is 24.2 Å². The smallest absolute Gasteiger partial charge is 0.249 e. The molecule has 0 aliphatic rings. The molecular weight excluding hydrogens is 871 g/mol. The van der Waals surface area contributed by atoms with Gasteiger partial charge in [-0.25, -0.2) is 0 Å². The van der Waals surface area contributed by atoms with Gasteiger partial charge in [-0.15, -0.1) is 0 Å². The van der Waals surface area contributed by atoms with Crippen LogP contribution < -0.4 is 5.32 Å².